The van der Waals surface area contributed by atoms with Gasteiger partial charge >= 0.3 is 0 Å². The van der Waals surface area contributed by atoms with Crippen LogP contribution in [0.2, 0.25) is 0 Å². The van der Waals surface area contributed by atoms with Crippen LogP contribution in [0.4, 0.5) is 5.69 Å². The summed E-state index contributed by atoms with van der Waals surface area (Å²) in [4.78, 5) is 26.5. The number of methoxy groups -OCH3 is 1. The Morgan fingerprint density at radius 3 is 2.78 bits per heavy atom. The van der Waals surface area contributed by atoms with E-state index in [0.717, 1.165) is 0 Å². The summed E-state index contributed by atoms with van der Waals surface area (Å²) in [5.74, 6) is 0.323. The number of benzene rings is 2. The van der Waals surface area contributed by atoms with Crippen LogP contribution in [-0.4, -0.2) is 35.0 Å². The lowest BCUT2D eigenvalue weighted by Crippen LogP contribution is -2.37. The van der Waals surface area contributed by atoms with Crippen LogP contribution in [0.15, 0.2) is 48.5 Å². The SMILES string of the molecule is COc1cccc(N2C(=O)CSC2C(=O)c2ccccc2O)c1. The van der Waals surface area contributed by atoms with Gasteiger partial charge in [0.05, 0.1) is 18.4 Å². The molecule has 0 spiro atoms. The molecule has 2 aromatic rings. The Kier molecular flexibility index (Phi) is 4.25. The highest BCUT2D eigenvalue weighted by Gasteiger charge is 2.39. The van der Waals surface area contributed by atoms with E-state index in [1.165, 1.54) is 22.7 Å². The second-order valence-electron chi connectivity index (χ2n) is 5.01. The summed E-state index contributed by atoms with van der Waals surface area (Å²) in [6.07, 6.45) is 0. The van der Waals surface area contributed by atoms with E-state index in [0.29, 0.717) is 11.4 Å². The van der Waals surface area contributed by atoms with Crippen LogP contribution in [0.5, 0.6) is 11.5 Å². The van der Waals surface area contributed by atoms with Gasteiger partial charge in [0, 0.05) is 11.8 Å². The summed E-state index contributed by atoms with van der Waals surface area (Å²) in [6, 6.07) is 13.4. The predicted molar refractivity (Wildman–Crippen MR) is 89.2 cm³/mol. The number of Topliss-reactive ketones (excluding diaryl/α,β-unsaturated/α-hetero) is 1. The molecule has 1 aliphatic heterocycles. The van der Waals surface area contributed by atoms with Crippen molar-refractivity contribution in [3.8, 4) is 11.5 Å². The number of nitrogens with zero attached hydrogens (tertiary/aromatic N) is 1. The molecular formula is C17H15NO4S. The van der Waals surface area contributed by atoms with Gasteiger partial charge in [-0.05, 0) is 24.3 Å². The molecule has 23 heavy (non-hydrogen) atoms. The van der Waals surface area contributed by atoms with Crippen molar-refractivity contribution < 1.29 is 19.4 Å². The van der Waals surface area contributed by atoms with E-state index in [1.807, 2.05) is 0 Å². The highest BCUT2D eigenvalue weighted by Crippen LogP contribution is 2.35. The molecule has 3 rings (SSSR count). The molecule has 0 bridgehead atoms. The number of carbonyl (C=O) groups is 2. The Balaban J connectivity index is 1.97. The third kappa shape index (κ3) is 2.90. The lowest BCUT2D eigenvalue weighted by atomic mass is 10.1. The van der Waals surface area contributed by atoms with Crippen molar-refractivity contribution >= 4 is 29.1 Å². The highest BCUT2D eigenvalue weighted by molar-refractivity contribution is 8.02. The largest absolute Gasteiger partial charge is 0.507 e. The normalized spacial score (nSPS) is 17.3. The molecule has 0 radical (unpaired) electrons. The Labute approximate surface area is 137 Å². The summed E-state index contributed by atoms with van der Waals surface area (Å²) >= 11 is 1.25. The first kappa shape index (κ1) is 15.4. The maximum absolute atomic E-state index is 12.7. The van der Waals surface area contributed by atoms with Gasteiger partial charge in [-0.15, -0.1) is 11.8 Å². The molecule has 1 fully saturated rings. The van der Waals surface area contributed by atoms with Crippen molar-refractivity contribution in [2.75, 3.05) is 17.8 Å². The van der Waals surface area contributed by atoms with Crippen LogP contribution in [0.3, 0.4) is 0 Å². The summed E-state index contributed by atoms with van der Waals surface area (Å²) in [5, 5.41) is 9.20. The number of hydrogen-bond acceptors (Lipinski definition) is 5. The van der Waals surface area contributed by atoms with Crippen molar-refractivity contribution in [2.45, 2.75) is 5.37 Å². The summed E-state index contributed by atoms with van der Waals surface area (Å²) in [7, 11) is 1.55. The van der Waals surface area contributed by atoms with E-state index < -0.39 is 5.37 Å². The third-order valence-electron chi connectivity index (χ3n) is 3.59. The number of amides is 1. The van der Waals surface area contributed by atoms with Crippen LogP contribution in [0.1, 0.15) is 10.4 Å². The molecule has 0 aromatic heterocycles. The number of carbonyl (C=O) groups excluding carboxylic acids is 2. The van der Waals surface area contributed by atoms with E-state index in [1.54, 1.807) is 49.6 Å². The molecule has 1 heterocycles. The fraction of sp³-hybridized carbons (Fsp3) is 0.176. The van der Waals surface area contributed by atoms with Crippen molar-refractivity contribution in [1.29, 1.82) is 0 Å². The molecule has 1 amide bonds. The first-order valence-electron chi connectivity index (χ1n) is 7.01. The van der Waals surface area contributed by atoms with Gasteiger partial charge < -0.3 is 9.84 Å². The van der Waals surface area contributed by atoms with E-state index in [-0.39, 0.29) is 28.8 Å². The van der Waals surface area contributed by atoms with Crippen molar-refractivity contribution in [2.24, 2.45) is 0 Å². The van der Waals surface area contributed by atoms with Crippen molar-refractivity contribution in [3.63, 3.8) is 0 Å². The number of thioether (sulfide) groups is 1. The average Bonchev–Trinajstić information content (AvgIpc) is 2.96. The van der Waals surface area contributed by atoms with Gasteiger partial charge in [-0.3, -0.25) is 14.5 Å². The standard InChI is InChI=1S/C17H15NO4S/c1-22-12-6-4-5-11(9-12)18-15(20)10-23-17(18)16(21)13-7-2-3-8-14(13)19/h2-9,17,19H,10H2,1H3. The minimum absolute atomic E-state index is 0.0805. The topological polar surface area (TPSA) is 66.8 Å². The maximum atomic E-state index is 12.7. The third-order valence-corrected chi connectivity index (χ3v) is 4.75. The van der Waals surface area contributed by atoms with E-state index >= 15 is 0 Å². The lowest BCUT2D eigenvalue weighted by molar-refractivity contribution is -0.115. The van der Waals surface area contributed by atoms with Gasteiger partial charge in [0.15, 0.2) is 5.78 Å². The van der Waals surface area contributed by atoms with Gasteiger partial charge in [0.1, 0.15) is 16.9 Å². The molecule has 6 heteroatoms. The van der Waals surface area contributed by atoms with Crippen LogP contribution in [0.25, 0.3) is 0 Å². The second kappa shape index (κ2) is 6.34. The average molecular weight is 329 g/mol. The molecule has 1 saturated heterocycles. The first-order valence-corrected chi connectivity index (χ1v) is 8.06. The van der Waals surface area contributed by atoms with Crippen molar-refractivity contribution in [1.82, 2.24) is 0 Å². The molecule has 1 unspecified atom stereocenters. The fourth-order valence-electron chi connectivity index (χ4n) is 2.47. The van der Waals surface area contributed by atoms with Crippen LogP contribution < -0.4 is 9.64 Å². The van der Waals surface area contributed by atoms with Gasteiger partial charge in [-0.25, -0.2) is 0 Å². The number of para-hydroxylation sites is 1. The summed E-state index contributed by atoms with van der Waals surface area (Å²) < 4.78 is 5.18. The lowest BCUT2D eigenvalue weighted by Gasteiger charge is -2.23. The Hall–Kier alpha value is -2.47. The quantitative estimate of drug-likeness (QED) is 0.874. The predicted octanol–water partition coefficient (Wildman–Crippen LogP) is 2.69. The zero-order valence-corrected chi connectivity index (χ0v) is 13.2. The molecule has 118 valence electrons. The smallest absolute Gasteiger partial charge is 0.238 e. The van der Waals surface area contributed by atoms with Crippen LogP contribution >= 0.6 is 11.8 Å². The molecule has 2 aromatic carbocycles. The number of rotatable bonds is 4. The first-order chi connectivity index (χ1) is 11.1. The molecule has 1 aliphatic rings. The van der Waals surface area contributed by atoms with Gasteiger partial charge in [-0.1, -0.05) is 18.2 Å². The molecule has 0 saturated carbocycles. The minimum atomic E-state index is -0.692. The zero-order valence-electron chi connectivity index (χ0n) is 12.4. The summed E-state index contributed by atoms with van der Waals surface area (Å²) in [5.41, 5.74) is 0.820. The van der Waals surface area contributed by atoms with E-state index in [2.05, 4.69) is 0 Å². The number of phenols is 1. The molecule has 1 N–H and O–H groups in total. The molecule has 5 nitrogen and oxygen atoms in total. The fourth-order valence-corrected chi connectivity index (χ4v) is 3.58. The number of ketones is 1. The second-order valence-corrected chi connectivity index (χ2v) is 6.08. The van der Waals surface area contributed by atoms with Crippen LogP contribution in [-0.2, 0) is 4.79 Å². The highest BCUT2D eigenvalue weighted by atomic mass is 32.2. The molecule has 0 aliphatic carbocycles. The number of phenolic OH excluding ortho intramolecular Hbond substituents is 1. The van der Waals surface area contributed by atoms with E-state index in [4.69, 9.17) is 4.74 Å². The zero-order chi connectivity index (χ0) is 16.4. The van der Waals surface area contributed by atoms with Crippen molar-refractivity contribution in [3.05, 3.63) is 54.1 Å². The number of ether oxygens (including phenoxy) is 1. The molecular weight excluding hydrogens is 314 g/mol. The number of hydrogen-bond donors (Lipinski definition) is 1. The van der Waals surface area contributed by atoms with E-state index in [9.17, 15) is 14.7 Å². The minimum Gasteiger partial charge on any atom is -0.507 e. The maximum Gasteiger partial charge on any atom is 0.238 e. The van der Waals surface area contributed by atoms with Gasteiger partial charge in [0.25, 0.3) is 0 Å². The van der Waals surface area contributed by atoms with Crippen LogP contribution in [0, 0.1) is 0 Å². The Morgan fingerprint density at radius 2 is 2.04 bits per heavy atom. The Bertz CT molecular complexity index is 762. The number of aromatic hydroxyl groups is 1. The number of anilines is 1. The van der Waals surface area contributed by atoms with Gasteiger partial charge in [0.2, 0.25) is 5.91 Å². The molecule has 1 atom stereocenters. The summed E-state index contributed by atoms with van der Waals surface area (Å²) in [6.45, 7) is 0. The Morgan fingerprint density at radius 1 is 1.26 bits per heavy atom. The monoisotopic (exact) mass is 329 g/mol. The van der Waals surface area contributed by atoms with Gasteiger partial charge in [-0.2, -0.15) is 0 Å².